The van der Waals surface area contributed by atoms with E-state index in [1.54, 1.807) is 10.8 Å². The van der Waals surface area contributed by atoms with E-state index in [2.05, 4.69) is 4.98 Å². The molecule has 4 nitrogen and oxygen atoms in total. The van der Waals surface area contributed by atoms with E-state index >= 15 is 0 Å². The molecule has 0 bridgehead atoms. The standard InChI is InChI=1S/C13H13F2N3O/c14-10-2-1-9(11(15)6-10)5-13(19)12-7-18(4-3-16)8-17-12/h1-2,6-8H,3-5,16H2. The van der Waals surface area contributed by atoms with Crippen LogP contribution in [0.1, 0.15) is 16.1 Å². The molecule has 0 radical (unpaired) electrons. The van der Waals surface area contributed by atoms with Crippen LogP contribution in [0.15, 0.2) is 30.7 Å². The van der Waals surface area contributed by atoms with Crippen LogP contribution in [0.4, 0.5) is 8.78 Å². The summed E-state index contributed by atoms with van der Waals surface area (Å²) >= 11 is 0. The number of imidazole rings is 1. The minimum atomic E-state index is -0.727. The van der Waals surface area contributed by atoms with E-state index in [0.29, 0.717) is 13.1 Å². The molecule has 0 spiro atoms. The van der Waals surface area contributed by atoms with Gasteiger partial charge < -0.3 is 10.3 Å². The van der Waals surface area contributed by atoms with Crippen molar-refractivity contribution in [2.45, 2.75) is 13.0 Å². The molecule has 19 heavy (non-hydrogen) atoms. The fourth-order valence-corrected chi connectivity index (χ4v) is 1.70. The smallest absolute Gasteiger partial charge is 0.187 e. The van der Waals surface area contributed by atoms with Crippen molar-refractivity contribution in [2.75, 3.05) is 6.54 Å². The second-order valence-corrected chi connectivity index (χ2v) is 4.12. The van der Waals surface area contributed by atoms with Crippen LogP contribution < -0.4 is 5.73 Å². The molecule has 1 aromatic heterocycles. The molecular formula is C13H13F2N3O. The van der Waals surface area contributed by atoms with Gasteiger partial charge in [0.05, 0.1) is 6.33 Å². The largest absolute Gasteiger partial charge is 0.335 e. The first-order valence-electron chi connectivity index (χ1n) is 5.79. The van der Waals surface area contributed by atoms with Crippen LogP contribution >= 0.6 is 0 Å². The van der Waals surface area contributed by atoms with Gasteiger partial charge in [-0.1, -0.05) is 6.07 Å². The zero-order valence-electron chi connectivity index (χ0n) is 10.1. The Labute approximate surface area is 108 Å². The highest BCUT2D eigenvalue weighted by molar-refractivity contribution is 5.95. The minimum absolute atomic E-state index is 0.147. The Morgan fingerprint density at radius 3 is 2.84 bits per heavy atom. The van der Waals surface area contributed by atoms with Crippen molar-refractivity contribution in [1.82, 2.24) is 9.55 Å². The van der Waals surface area contributed by atoms with Gasteiger partial charge in [-0.3, -0.25) is 4.79 Å². The first-order chi connectivity index (χ1) is 9.10. The third-order valence-electron chi connectivity index (χ3n) is 2.67. The molecular weight excluding hydrogens is 252 g/mol. The first kappa shape index (κ1) is 13.4. The lowest BCUT2D eigenvalue weighted by Crippen LogP contribution is -2.08. The third kappa shape index (κ3) is 3.23. The summed E-state index contributed by atoms with van der Waals surface area (Å²) in [6, 6.07) is 3.15. The van der Waals surface area contributed by atoms with Crippen molar-refractivity contribution < 1.29 is 13.6 Å². The third-order valence-corrected chi connectivity index (χ3v) is 2.67. The van der Waals surface area contributed by atoms with Gasteiger partial charge in [-0.2, -0.15) is 0 Å². The van der Waals surface area contributed by atoms with Crippen LogP contribution in [-0.4, -0.2) is 21.9 Å². The summed E-state index contributed by atoms with van der Waals surface area (Å²) in [6.07, 6.45) is 2.92. The number of rotatable bonds is 5. The Kier molecular flexibility index (Phi) is 4.01. The maximum atomic E-state index is 13.4. The molecule has 1 aromatic carbocycles. The molecule has 0 unspecified atom stereocenters. The van der Waals surface area contributed by atoms with E-state index in [-0.39, 0.29) is 23.5 Å². The van der Waals surface area contributed by atoms with E-state index in [1.165, 1.54) is 12.4 Å². The lowest BCUT2D eigenvalue weighted by Gasteiger charge is -2.01. The van der Waals surface area contributed by atoms with E-state index in [4.69, 9.17) is 5.73 Å². The lowest BCUT2D eigenvalue weighted by molar-refractivity contribution is 0.0987. The molecule has 2 rings (SSSR count). The van der Waals surface area contributed by atoms with Gasteiger partial charge in [0.2, 0.25) is 0 Å². The Balaban J connectivity index is 2.11. The number of hydrogen-bond acceptors (Lipinski definition) is 3. The van der Waals surface area contributed by atoms with Gasteiger partial charge in [-0.25, -0.2) is 13.8 Å². The summed E-state index contributed by atoms with van der Waals surface area (Å²) in [7, 11) is 0. The molecule has 0 saturated carbocycles. The summed E-state index contributed by atoms with van der Waals surface area (Å²) in [5.74, 6) is -1.71. The molecule has 2 N–H and O–H groups in total. The predicted octanol–water partition coefficient (Wildman–Crippen LogP) is 1.55. The van der Waals surface area contributed by atoms with Crippen LogP contribution in [0.3, 0.4) is 0 Å². The summed E-state index contributed by atoms with van der Waals surface area (Å²) in [5, 5.41) is 0. The lowest BCUT2D eigenvalue weighted by atomic mass is 10.1. The number of Topliss-reactive ketones (excluding diaryl/α,β-unsaturated/α-hetero) is 1. The fraction of sp³-hybridized carbons (Fsp3) is 0.231. The molecule has 0 aliphatic rings. The molecule has 0 aliphatic carbocycles. The molecule has 0 amide bonds. The van der Waals surface area contributed by atoms with Gasteiger partial charge >= 0.3 is 0 Å². The average molecular weight is 265 g/mol. The molecule has 0 atom stereocenters. The van der Waals surface area contributed by atoms with E-state index in [0.717, 1.165) is 12.1 Å². The van der Waals surface area contributed by atoms with Gasteiger partial charge in [-0.15, -0.1) is 0 Å². The van der Waals surface area contributed by atoms with Crippen molar-refractivity contribution >= 4 is 5.78 Å². The second-order valence-electron chi connectivity index (χ2n) is 4.12. The Morgan fingerprint density at radius 2 is 2.16 bits per heavy atom. The number of carbonyl (C=O) groups excluding carboxylic acids is 1. The second kappa shape index (κ2) is 5.71. The van der Waals surface area contributed by atoms with Gasteiger partial charge in [0, 0.05) is 31.8 Å². The fourth-order valence-electron chi connectivity index (χ4n) is 1.70. The number of nitrogens with two attached hydrogens (primary N) is 1. The number of hydrogen-bond donors (Lipinski definition) is 1. The predicted molar refractivity (Wildman–Crippen MR) is 65.7 cm³/mol. The molecule has 100 valence electrons. The topological polar surface area (TPSA) is 60.9 Å². The summed E-state index contributed by atoms with van der Waals surface area (Å²) in [6.45, 7) is 1.00. The summed E-state index contributed by atoms with van der Waals surface area (Å²) in [4.78, 5) is 15.8. The van der Waals surface area contributed by atoms with Crippen molar-refractivity contribution in [1.29, 1.82) is 0 Å². The van der Waals surface area contributed by atoms with Crippen LogP contribution in [0.5, 0.6) is 0 Å². The molecule has 0 aliphatic heterocycles. The summed E-state index contributed by atoms with van der Waals surface area (Å²) in [5.41, 5.74) is 5.78. The minimum Gasteiger partial charge on any atom is -0.335 e. The molecule has 1 heterocycles. The van der Waals surface area contributed by atoms with Crippen LogP contribution in [0.25, 0.3) is 0 Å². The maximum absolute atomic E-state index is 13.4. The number of benzene rings is 1. The monoisotopic (exact) mass is 265 g/mol. The quantitative estimate of drug-likeness (QED) is 0.834. The van der Waals surface area contributed by atoms with Crippen molar-refractivity contribution in [3.8, 4) is 0 Å². The van der Waals surface area contributed by atoms with Crippen molar-refractivity contribution in [2.24, 2.45) is 5.73 Å². The van der Waals surface area contributed by atoms with Gasteiger partial charge in [-0.05, 0) is 11.6 Å². The number of halogens is 2. The Bertz CT molecular complexity index is 595. The molecule has 0 saturated heterocycles. The maximum Gasteiger partial charge on any atom is 0.187 e. The Hall–Kier alpha value is -2.08. The van der Waals surface area contributed by atoms with Crippen LogP contribution in [-0.2, 0) is 13.0 Å². The van der Waals surface area contributed by atoms with E-state index in [9.17, 15) is 13.6 Å². The highest BCUT2D eigenvalue weighted by Gasteiger charge is 2.13. The number of carbonyl (C=O) groups is 1. The molecule has 6 heteroatoms. The van der Waals surface area contributed by atoms with E-state index < -0.39 is 11.6 Å². The zero-order valence-corrected chi connectivity index (χ0v) is 10.1. The van der Waals surface area contributed by atoms with E-state index in [1.807, 2.05) is 0 Å². The first-order valence-corrected chi connectivity index (χ1v) is 5.79. The molecule has 2 aromatic rings. The van der Waals surface area contributed by atoms with Gasteiger partial charge in [0.1, 0.15) is 17.3 Å². The zero-order chi connectivity index (χ0) is 13.8. The highest BCUT2D eigenvalue weighted by Crippen LogP contribution is 2.12. The van der Waals surface area contributed by atoms with Crippen molar-refractivity contribution in [3.05, 3.63) is 53.6 Å². The number of ketones is 1. The summed E-state index contributed by atoms with van der Waals surface area (Å²) < 4.78 is 27.9. The molecule has 0 fully saturated rings. The average Bonchev–Trinajstić information content (AvgIpc) is 2.82. The number of aromatic nitrogens is 2. The SMILES string of the molecule is NCCn1cnc(C(=O)Cc2ccc(F)cc2F)c1. The van der Waals surface area contributed by atoms with Gasteiger partial charge in [0.25, 0.3) is 0 Å². The number of nitrogens with zero attached hydrogens (tertiary/aromatic N) is 2. The normalized spacial score (nSPS) is 10.7. The Morgan fingerprint density at radius 1 is 1.37 bits per heavy atom. The van der Waals surface area contributed by atoms with Gasteiger partial charge in [0.15, 0.2) is 5.78 Å². The van der Waals surface area contributed by atoms with Crippen molar-refractivity contribution in [3.63, 3.8) is 0 Å². The van der Waals surface area contributed by atoms with Crippen LogP contribution in [0, 0.1) is 11.6 Å². The van der Waals surface area contributed by atoms with Crippen LogP contribution in [0.2, 0.25) is 0 Å². The highest BCUT2D eigenvalue weighted by atomic mass is 19.1.